The number of hydrogen-bond donors (Lipinski definition) is 1. The van der Waals surface area contributed by atoms with Crippen LogP contribution in [0.4, 0.5) is 0 Å². The number of benzene rings is 1. The molecule has 0 atom stereocenters. The van der Waals surface area contributed by atoms with Crippen LogP contribution in [0.5, 0.6) is 0 Å². The van der Waals surface area contributed by atoms with E-state index in [1.54, 1.807) is 0 Å². The van der Waals surface area contributed by atoms with Gasteiger partial charge in [0, 0.05) is 24.1 Å². The Kier molecular flexibility index (Phi) is 9.08. The maximum absolute atomic E-state index is 5.65. The number of halogens is 1. The first-order valence-corrected chi connectivity index (χ1v) is 7.81. The molecule has 108 valence electrons. The lowest BCUT2D eigenvalue weighted by molar-refractivity contribution is 0.121. The van der Waals surface area contributed by atoms with E-state index in [9.17, 15) is 0 Å². The first-order chi connectivity index (χ1) is 9.27. The van der Waals surface area contributed by atoms with Gasteiger partial charge in [0.15, 0.2) is 0 Å². The molecular weight excluding hydrogens is 304 g/mol. The van der Waals surface area contributed by atoms with Crippen LogP contribution in [0.2, 0.25) is 0 Å². The molecule has 0 saturated heterocycles. The summed E-state index contributed by atoms with van der Waals surface area (Å²) in [6.07, 6.45) is 0. The van der Waals surface area contributed by atoms with Crippen molar-refractivity contribution < 1.29 is 4.74 Å². The fourth-order valence-corrected chi connectivity index (χ4v) is 2.24. The normalized spacial score (nSPS) is 11.2. The van der Waals surface area contributed by atoms with Gasteiger partial charge in [0.2, 0.25) is 0 Å². The van der Waals surface area contributed by atoms with Crippen molar-refractivity contribution in [2.45, 2.75) is 20.5 Å². The van der Waals surface area contributed by atoms with E-state index in [2.05, 4.69) is 46.1 Å². The molecule has 0 saturated carbocycles. The van der Waals surface area contributed by atoms with E-state index in [1.807, 2.05) is 18.2 Å². The molecule has 3 nitrogen and oxygen atoms in total. The van der Waals surface area contributed by atoms with Crippen molar-refractivity contribution >= 4 is 15.9 Å². The molecule has 0 radical (unpaired) electrons. The van der Waals surface area contributed by atoms with Crippen LogP contribution in [0.1, 0.15) is 19.4 Å². The minimum atomic E-state index is 0.666. The lowest BCUT2D eigenvalue weighted by atomic mass is 10.2. The van der Waals surface area contributed by atoms with Crippen molar-refractivity contribution in [3.8, 4) is 0 Å². The van der Waals surface area contributed by atoms with E-state index in [0.29, 0.717) is 6.61 Å². The average Bonchev–Trinajstić information content (AvgIpc) is 2.44. The summed E-state index contributed by atoms with van der Waals surface area (Å²) < 4.78 is 6.77. The third kappa shape index (κ3) is 7.06. The van der Waals surface area contributed by atoms with Crippen molar-refractivity contribution in [3.05, 3.63) is 34.3 Å². The molecular formula is C15H25BrN2O. The summed E-state index contributed by atoms with van der Waals surface area (Å²) >= 11 is 3.52. The van der Waals surface area contributed by atoms with Crippen LogP contribution in [-0.2, 0) is 11.3 Å². The first-order valence-electron chi connectivity index (χ1n) is 7.02. The Bertz CT molecular complexity index is 343. The zero-order valence-electron chi connectivity index (χ0n) is 12.0. The van der Waals surface area contributed by atoms with Crippen molar-refractivity contribution in [2.75, 3.05) is 39.3 Å². The second-order valence-corrected chi connectivity index (χ2v) is 5.28. The quantitative estimate of drug-likeness (QED) is 0.668. The van der Waals surface area contributed by atoms with Crippen molar-refractivity contribution in [3.63, 3.8) is 0 Å². The number of rotatable bonds is 10. The van der Waals surface area contributed by atoms with Gasteiger partial charge in [-0.3, -0.25) is 0 Å². The van der Waals surface area contributed by atoms with Crippen LogP contribution in [-0.4, -0.2) is 44.2 Å². The molecule has 1 rings (SSSR count). The molecule has 1 aromatic rings. The van der Waals surface area contributed by atoms with Crippen LogP contribution in [0.25, 0.3) is 0 Å². The highest BCUT2D eigenvalue weighted by Crippen LogP contribution is 2.16. The van der Waals surface area contributed by atoms with Crippen molar-refractivity contribution in [2.24, 2.45) is 0 Å². The van der Waals surface area contributed by atoms with Crippen molar-refractivity contribution in [1.82, 2.24) is 10.2 Å². The third-order valence-electron chi connectivity index (χ3n) is 3.14. The summed E-state index contributed by atoms with van der Waals surface area (Å²) in [6, 6.07) is 8.17. The van der Waals surface area contributed by atoms with Crippen molar-refractivity contribution in [1.29, 1.82) is 0 Å². The molecule has 0 aromatic heterocycles. The Morgan fingerprint density at radius 1 is 1.16 bits per heavy atom. The zero-order chi connectivity index (χ0) is 13.9. The van der Waals surface area contributed by atoms with Crippen LogP contribution >= 0.6 is 15.9 Å². The molecule has 1 N–H and O–H groups in total. The maximum atomic E-state index is 5.65. The minimum Gasteiger partial charge on any atom is -0.375 e. The molecule has 0 fully saturated rings. The van der Waals surface area contributed by atoms with Crippen LogP contribution in [0.3, 0.4) is 0 Å². The Hall–Kier alpha value is -0.420. The first kappa shape index (κ1) is 16.6. The molecule has 0 unspecified atom stereocenters. The third-order valence-corrected chi connectivity index (χ3v) is 3.91. The molecule has 4 heteroatoms. The molecule has 1 aromatic carbocycles. The largest absolute Gasteiger partial charge is 0.375 e. The Morgan fingerprint density at radius 3 is 2.58 bits per heavy atom. The van der Waals surface area contributed by atoms with Gasteiger partial charge in [-0.05, 0) is 24.7 Å². The van der Waals surface area contributed by atoms with Gasteiger partial charge in [0.05, 0.1) is 13.2 Å². The molecule has 0 bridgehead atoms. The fraction of sp³-hybridized carbons (Fsp3) is 0.600. The topological polar surface area (TPSA) is 24.5 Å². The van der Waals surface area contributed by atoms with Crippen LogP contribution in [0.15, 0.2) is 28.7 Å². The van der Waals surface area contributed by atoms with Gasteiger partial charge < -0.3 is 15.0 Å². The van der Waals surface area contributed by atoms with Gasteiger partial charge in [0.25, 0.3) is 0 Å². The van der Waals surface area contributed by atoms with Gasteiger partial charge in [-0.15, -0.1) is 0 Å². The average molecular weight is 329 g/mol. The van der Waals surface area contributed by atoms with Gasteiger partial charge in [-0.25, -0.2) is 0 Å². The molecule has 0 aliphatic rings. The zero-order valence-corrected chi connectivity index (χ0v) is 13.6. The fourth-order valence-electron chi connectivity index (χ4n) is 1.84. The SMILES string of the molecule is CCN(CC)CCNCCOCc1ccccc1Br. The number of hydrogen-bond acceptors (Lipinski definition) is 3. The van der Waals surface area contributed by atoms with E-state index in [4.69, 9.17) is 4.74 Å². The summed E-state index contributed by atoms with van der Waals surface area (Å²) in [7, 11) is 0. The molecule has 0 amide bonds. The summed E-state index contributed by atoms with van der Waals surface area (Å²) in [5.74, 6) is 0. The van der Waals surface area contributed by atoms with Crippen LogP contribution in [0, 0.1) is 0 Å². The van der Waals surface area contributed by atoms with Gasteiger partial charge in [0.1, 0.15) is 0 Å². The van der Waals surface area contributed by atoms with E-state index in [1.165, 1.54) is 5.56 Å². The molecule has 0 aliphatic carbocycles. The summed E-state index contributed by atoms with van der Waals surface area (Å²) in [6.45, 7) is 11.1. The predicted octanol–water partition coefficient (Wildman–Crippen LogP) is 2.90. The Morgan fingerprint density at radius 2 is 1.89 bits per heavy atom. The van der Waals surface area contributed by atoms with E-state index < -0.39 is 0 Å². The Balaban J connectivity index is 2.01. The molecule has 0 spiro atoms. The highest BCUT2D eigenvalue weighted by Gasteiger charge is 1.99. The van der Waals surface area contributed by atoms with Crippen LogP contribution < -0.4 is 5.32 Å². The number of ether oxygens (including phenoxy) is 1. The highest BCUT2D eigenvalue weighted by molar-refractivity contribution is 9.10. The lowest BCUT2D eigenvalue weighted by Gasteiger charge is -2.17. The molecule has 0 aliphatic heterocycles. The van der Waals surface area contributed by atoms with Gasteiger partial charge in [-0.2, -0.15) is 0 Å². The minimum absolute atomic E-state index is 0.666. The van der Waals surface area contributed by atoms with Gasteiger partial charge >= 0.3 is 0 Å². The predicted molar refractivity (Wildman–Crippen MR) is 84.5 cm³/mol. The van der Waals surface area contributed by atoms with E-state index >= 15 is 0 Å². The van der Waals surface area contributed by atoms with E-state index in [-0.39, 0.29) is 0 Å². The number of nitrogens with zero attached hydrogens (tertiary/aromatic N) is 1. The monoisotopic (exact) mass is 328 g/mol. The number of likely N-dealkylation sites (N-methyl/N-ethyl adjacent to an activating group) is 1. The summed E-state index contributed by atoms with van der Waals surface area (Å²) in [4.78, 5) is 2.41. The molecule has 19 heavy (non-hydrogen) atoms. The second kappa shape index (κ2) is 10.4. The van der Waals surface area contributed by atoms with E-state index in [0.717, 1.165) is 43.8 Å². The summed E-state index contributed by atoms with van der Waals surface area (Å²) in [5.41, 5.74) is 1.20. The smallest absolute Gasteiger partial charge is 0.0728 e. The lowest BCUT2D eigenvalue weighted by Crippen LogP contribution is -2.33. The standard InChI is InChI=1S/C15H25BrN2O/c1-3-18(4-2)11-9-17-10-12-19-13-14-7-5-6-8-15(14)16/h5-8,17H,3-4,9-13H2,1-2H3. The number of nitrogens with one attached hydrogen (secondary N) is 1. The second-order valence-electron chi connectivity index (χ2n) is 4.42. The Labute approximate surface area is 125 Å². The summed E-state index contributed by atoms with van der Waals surface area (Å²) in [5, 5.41) is 3.41. The molecule has 0 heterocycles. The maximum Gasteiger partial charge on any atom is 0.0728 e. The van der Waals surface area contributed by atoms with Gasteiger partial charge in [-0.1, -0.05) is 48.0 Å². The highest BCUT2D eigenvalue weighted by atomic mass is 79.9.